The first-order valence-corrected chi connectivity index (χ1v) is 7.28. The van der Waals surface area contributed by atoms with Crippen molar-refractivity contribution in [3.8, 4) is 5.75 Å². The van der Waals surface area contributed by atoms with Crippen molar-refractivity contribution >= 4 is 21.6 Å². The highest BCUT2D eigenvalue weighted by Crippen LogP contribution is 2.18. The number of hydrogen-bond acceptors (Lipinski definition) is 2. The van der Waals surface area contributed by atoms with E-state index >= 15 is 0 Å². The van der Waals surface area contributed by atoms with Crippen molar-refractivity contribution in [3.05, 3.63) is 58.6 Å². The van der Waals surface area contributed by atoms with E-state index < -0.39 is 0 Å². The molecule has 0 amide bonds. The summed E-state index contributed by atoms with van der Waals surface area (Å²) < 4.78 is 6.72. The quantitative estimate of drug-likeness (QED) is 0.821. The number of halogens is 1. The Morgan fingerprint density at radius 1 is 1.11 bits per heavy atom. The molecule has 2 aromatic rings. The van der Waals surface area contributed by atoms with Crippen LogP contribution >= 0.6 is 15.9 Å². The average Bonchev–Trinajstić information content (AvgIpc) is 2.45. The predicted octanol–water partition coefficient (Wildman–Crippen LogP) is 4.85. The van der Waals surface area contributed by atoms with Crippen molar-refractivity contribution in [2.24, 2.45) is 0 Å². The molecule has 2 rings (SSSR count). The molecule has 2 nitrogen and oxygen atoms in total. The van der Waals surface area contributed by atoms with Crippen LogP contribution in [0, 0.1) is 0 Å². The Balaban J connectivity index is 1.93. The number of anilines is 1. The normalized spacial score (nSPS) is 10.2. The van der Waals surface area contributed by atoms with Gasteiger partial charge in [0, 0.05) is 22.8 Å². The van der Waals surface area contributed by atoms with Crippen molar-refractivity contribution in [2.75, 3.05) is 11.9 Å². The second-order valence-corrected chi connectivity index (χ2v) is 5.27. The highest BCUT2D eigenvalue weighted by molar-refractivity contribution is 9.10. The van der Waals surface area contributed by atoms with E-state index in [2.05, 4.69) is 58.5 Å². The van der Waals surface area contributed by atoms with Gasteiger partial charge in [-0.05, 0) is 36.2 Å². The largest absolute Gasteiger partial charge is 0.494 e. The minimum absolute atomic E-state index is 0.760. The zero-order valence-electron chi connectivity index (χ0n) is 11.0. The van der Waals surface area contributed by atoms with Gasteiger partial charge in [0.1, 0.15) is 5.75 Å². The Morgan fingerprint density at radius 2 is 1.89 bits per heavy atom. The summed E-state index contributed by atoms with van der Waals surface area (Å²) in [6, 6.07) is 16.4. The van der Waals surface area contributed by atoms with Crippen LogP contribution in [0.25, 0.3) is 0 Å². The van der Waals surface area contributed by atoms with Crippen molar-refractivity contribution in [1.29, 1.82) is 0 Å². The van der Waals surface area contributed by atoms with Gasteiger partial charge in [-0.1, -0.05) is 41.1 Å². The Kier molecular flexibility index (Phi) is 5.28. The molecular formula is C16H18BrNO. The van der Waals surface area contributed by atoms with Crippen LogP contribution in [0.1, 0.15) is 18.9 Å². The zero-order chi connectivity index (χ0) is 13.5. The van der Waals surface area contributed by atoms with Gasteiger partial charge in [-0.2, -0.15) is 0 Å². The molecule has 19 heavy (non-hydrogen) atoms. The van der Waals surface area contributed by atoms with E-state index in [1.54, 1.807) is 0 Å². The fourth-order valence-corrected chi connectivity index (χ4v) is 1.99. The molecule has 0 aliphatic rings. The summed E-state index contributed by atoms with van der Waals surface area (Å²) in [4.78, 5) is 0. The van der Waals surface area contributed by atoms with Crippen LogP contribution < -0.4 is 10.1 Å². The third-order valence-electron chi connectivity index (χ3n) is 2.72. The number of rotatable bonds is 6. The molecule has 0 aliphatic heterocycles. The van der Waals surface area contributed by atoms with E-state index in [0.29, 0.717) is 0 Å². The van der Waals surface area contributed by atoms with Crippen LogP contribution in [-0.4, -0.2) is 6.61 Å². The average molecular weight is 320 g/mol. The van der Waals surface area contributed by atoms with E-state index in [9.17, 15) is 0 Å². The van der Waals surface area contributed by atoms with Crippen LogP contribution in [0.15, 0.2) is 53.0 Å². The fourth-order valence-electron chi connectivity index (χ4n) is 1.72. The minimum Gasteiger partial charge on any atom is -0.494 e. The van der Waals surface area contributed by atoms with E-state index in [-0.39, 0.29) is 0 Å². The molecule has 0 aliphatic carbocycles. The number of nitrogens with one attached hydrogen (secondary N) is 1. The van der Waals surface area contributed by atoms with Gasteiger partial charge in [-0.3, -0.25) is 0 Å². The van der Waals surface area contributed by atoms with Crippen molar-refractivity contribution in [2.45, 2.75) is 19.9 Å². The van der Waals surface area contributed by atoms with Gasteiger partial charge < -0.3 is 10.1 Å². The van der Waals surface area contributed by atoms with Gasteiger partial charge in [0.15, 0.2) is 0 Å². The maximum Gasteiger partial charge on any atom is 0.121 e. The first-order chi connectivity index (χ1) is 9.28. The van der Waals surface area contributed by atoms with E-state index in [0.717, 1.165) is 35.5 Å². The number of benzene rings is 2. The third-order valence-corrected chi connectivity index (χ3v) is 3.25. The lowest BCUT2D eigenvalue weighted by molar-refractivity contribution is 0.317. The molecule has 0 radical (unpaired) electrons. The van der Waals surface area contributed by atoms with E-state index in [4.69, 9.17) is 4.74 Å². The Hall–Kier alpha value is -1.48. The second-order valence-electron chi connectivity index (χ2n) is 4.36. The molecule has 3 heteroatoms. The van der Waals surface area contributed by atoms with Crippen molar-refractivity contribution < 1.29 is 4.74 Å². The summed E-state index contributed by atoms with van der Waals surface area (Å²) in [6.07, 6.45) is 1.02. The van der Waals surface area contributed by atoms with Gasteiger partial charge in [0.05, 0.1) is 6.61 Å². The monoisotopic (exact) mass is 319 g/mol. The molecule has 0 saturated heterocycles. The SMILES string of the molecule is CCCOc1cccc(NCc2ccc(Br)cc2)c1. The van der Waals surface area contributed by atoms with Crippen molar-refractivity contribution in [3.63, 3.8) is 0 Å². The van der Waals surface area contributed by atoms with Crippen LogP contribution in [0.2, 0.25) is 0 Å². The smallest absolute Gasteiger partial charge is 0.121 e. The summed E-state index contributed by atoms with van der Waals surface area (Å²) in [6.45, 7) is 3.68. The van der Waals surface area contributed by atoms with E-state index in [1.165, 1.54) is 5.56 Å². The van der Waals surface area contributed by atoms with Gasteiger partial charge >= 0.3 is 0 Å². The molecule has 0 atom stereocenters. The lowest BCUT2D eigenvalue weighted by atomic mass is 10.2. The molecule has 0 aromatic heterocycles. The van der Waals surface area contributed by atoms with Crippen molar-refractivity contribution in [1.82, 2.24) is 0 Å². The predicted molar refractivity (Wildman–Crippen MR) is 83.7 cm³/mol. The Labute approximate surface area is 122 Å². The van der Waals surface area contributed by atoms with Crippen LogP contribution in [0.4, 0.5) is 5.69 Å². The first-order valence-electron chi connectivity index (χ1n) is 6.49. The highest BCUT2D eigenvalue weighted by Gasteiger charge is 1.97. The Bertz CT molecular complexity index is 510. The number of hydrogen-bond donors (Lipinski definition) is 1. The summed E-state index contributed by atoms with van der Waals surface area (Å²) >= 11 is 3.44. The molecular weight excluding hydrogens is 302 g/mol. The summed E-state index contributed by atoms with van der Waals surface area (Å²) in [5, 5.41) is 3.40. The molecule has 1 N–H and O–H groups in total. The maximum atomic E-state index is 5.62. The lowest BCUT2D eigenvalue weighted by Crippen LogP contribution is -2.00. The van der Waals surface area contributed by atoms with Gasteiger partial charge in [0.25, 0.3) is 0 Å². The molecule has 100 valence electrons. The fraction of sp³-hybridized carbons (Fsp3) is 0.250. The molecule has 0 unspecified atom stereocenters. The molecule has 2 aromatic carbocycles. The highest BCUT2D eigenvalue weighted by atomic mass is 79.9. The van der Waals surface area contributed by atoms with Gasteiger partial charge in [-0.15, -0.1) is 0 Å². The topological polar surface area (TPSA) is 21.3 Å². The maximum absolute atomic E-state index is 5.62. The Morgan fingerprint density at radius 3 is 2.63 bits per heavy atom. The minimum atomic E-state index is 0.760. The second kappa shape index (κ2) is 7.19. The molecule has 0 bridgehead atoms. The molecule has 0 heterocycles. The van der Waals surface area contributed by atoms with Gasteiger partial charge in [0.2, 0.25) is 0 Å². The van der Waals surface area contributed by atoms with Crippen LogP contribution in [0.5, 0.6) is 5.75 Å². The number of ether oxygens (including phenoxy) is 1. The third kappa shape index (κ3) is 4.60. The van der Waals surface area contributed by atoms with Gasteiger partial charge in [-0.25, -0.2) is 0 Å². The summed E-state index contributed by atoms with van der Waals surface area (Å²) in [5.41, 5.74) is 2.33. The van der Waals surface area contributed by atoms with Crippen LogP contribution in [0.3, 0.4) is 0 Å². The first kappa shape index (κ1) is 13.9. The molecule has 0 fully saturated rings. The van der Waals surface area contributed by atoms with Crippen LogP contribution in [-0.2, 0) is 6.54 Å². The standard InChI is InChI=1S/C16H18BrNO/c1-2-10-19-16-5-3-4-15(11-16)18-12-13-6-8-14(17)9-7-13/h3-9,11,18H,2,10,12H2,1H3. The summed E-state index contributed by atoms with van der Waals surface area (Å²) in [7, 11) is 0. The molecule has 0 spiro atoms. The zero-order valence-corrected chi connectivity index (χ0v) is 12.6. The lowest BCUT2D eigenvalue weighted by Gasteiger charge is -2.09. The summed E-state index contributed by atoms with van der Waals surface area (Å²) in [5.74, 6) is 0.919. The molecule has 0 saturated carbocycles. The van der Waals surface area contributed by atoms with E-state index in [1.807, 2.05) is 18.2 Å².